The first-order chi connectivity index (χ1) is 14.7. The van der Waals surface area contributed by atoms with E-state index in [0.717, 1.165) is 29.7 Å². The average molecular weight is 428 g/mol. The molecule has 0 saturated heterocycles. The van der Waals surface area contributed by atoms with Gasteiger partial charge in [0, 0.05) is 13.0 Å². The summed E-state index contributed by atoms with van der Waals surface area (Å²) < 4.78 is 4.87. The minimum atomic E-state index is -1.08. The number of ether oxygens (including phenoxy) is 1. The van der Waals surface area contributed by atoms with E-state index in [1.807, 2.05) is 6.07 Å². The van der Waals surface area contributed by atoms with Crippen molar-refractivity contribution in [2.24, 2.45) is 23.7 Å². The second kappa shape index (κ2) is 10.1. The van der Waals surface area contributed by atoms with Crippen LogP contribution in [0.2, 0.25) is 0 Å². The number of imidazole rings is 1. The Morgan fingerprint density at radius 2 is 2.06 bits per heavy atom. The Morgan fingerprint density at radius 3 is 2.74 bits per heavy atom. The number of hydrogen-bond donors (Lipinski definition) is 3. The molecule has 3 atom stereocenters. The van der Waals surface area contributed by atoms with Gasteiger partial charge in [0.2, 0.25) is 5.91 Å². The minimum Gasteiger partial charge on any atom is -0.480 e. The molecule has 168 valence electrons. The number of aliphatic carboxylic acids is 1. The van der Waals surface area contributed by atoms with Crippen LogP contribution in [0.4, 0.5) is 0 Å². The maximum atomic E-state index is 12.0. The van der Waals surface area contributed by atoms with E-state index >= 15 is 0 Å². The number of allylic oxidation sites excluding steroid dienone is 1. The largest absolute Gasteiger partial charge is 0.480 e. The van der Waals surface area contributed by atoms with Crippen molar-refractivity contribution in [3.8, 4) is 0 Å². The maximum absolute atomic E-state index is 12.0. The first kappa shape index (κ1) is 23.0. The van der Waals surface area contributed by atoms with Gasteiger partial charge in [0.15, 0.2) is 0 Å². The third-order valence-corrected chi connectivity index (χ3v) is 6.28. The van der Waals surface area contributed by atoms with Crippen LogP contribution >= 0.6 is 0 Å². The van der Waals surface area contributed by atoms with Crippen LogP contribution in [0.1, 0.15) is 38.6 Å². The van der Waals surface area contributed by atoms with E-state index in [2.05, 4.69) is 56.2 Å². The van der Waals surface area contributed by atoms with E-state index < -0.39 is 12.6 Å². The first-order valence-corrected chi connectivity index (χ1v) is 10.9. The molecule has 31 heavy (non-hydrogen) atoms. The Kier molecular flexibility index (Phi) is 7.49. The molecule has 0 spiro atoms. The number of fused-ring (bicyclic) bond motifs is 1. The Morgan fingerprint density at radius 1 is 1.29 bits per heavy atom. The van der Waals surface area contributed by atoms with Gasteiger partial charge in [-0.2, -0.15) is 0 Å². The number of aromatic amines is 1. The quantitative estimate of drug-likeness (QED) is 0.532. The molecule has 0 fully saturated rings. The Balaban J connectivity index is 1.65. The van der Waals surface area contributed by atoms with Crippen LogP contribution in [0.15, 0.2) is 29.8 Å². The third kappa shape index (κ3) is 5.94. The van der Waals surface area contributed by atoms with Gasteiger partial charge in [-0.05, 0) is 55.6 Å². The van der Waals surface area contributed by atoms with Crippen LogP contribution in [-0.2, 0) is 20.7 Å². The van der Waals surface area contributed by atoms with Crippen molar-refractivity contribution < 1.29 is 19.4 Å². The van der Waals surface area contributed by atoms with Gasteiger partial charge in [-0.15, -0.1) is 0 Å². The summed E-state index contributed by atoms with van der Waals surface area (Å²) in [4.78, 5) is 30.8. The number of rotatable bonds is 9. The number of aryl methyl sites for hydroxylation is 1. The standard InChI is InChI=1S/C24H33N3O4/c1-14(2)19-9-17(10-21-26-20-7-5-6-15(3)24(20)27-21)16(4)8-18(19)11-25-22(28)12-31-13-23(29)30/h5-8,14,17-19H,9-13H2,1-4H3,(H,25,28)(H,26,27)(H,29,30). The van der Waals surface area contributed by atoms with E-state index in [4.69, 9.17) is 14.8 Å². The third-order valence-electron chi connectivity index (χ3n) is 6.28. The predicted octanol–water partition coefficient (Wildman–Crippen LogP) is 3.49. The van der Waals surface area contributed by atoms with Gasteiger partial charge < -0.3 is 20.1 Å². The van der Waals surface area contributed by atoms with Gasteiger partial charge in [-0.3, -0.25) is 4.79 Å². The molecule has 2 aromatic rings. The number of nitrogens with one attached hydrogen (secondary N) is 2. The molecule has 7 heteroatoms. The van der Waals surface area contributed by atoms with Crippen molar-refractivity contribution in [2.45, 2.75) is 40.5 Å². The topological polar surface area (TPSA) is 104 Å². The fourth-order valence-electron chi connectivity index (χ4n) is 4.58. The molecule has 1 aliphatic carbocycles. The number of carboxylic acids is 1. The first-order valence-electron chi connectivity index (χ1n) is 10.9. The fourth-order valence-corrected chi connectivity index (χ4v) is 4.58. The summed E-state index contributed by atoms with van der Waals surface area (Å²) >= 11 is 0. The highest BCUT2D eigenvalue weighted by molar-refractivity contribution is 5.78. The monoisotopic (exact) mass is 427 g/mol. The van der Waals surface area contributed by atoms with E-state index in [1.165, 1.54) is 11.1 Å². The highest BCUT2D eigenvalue weighted by Gasteiger charge is 2.32. The Hall–Kier alpha value is -2.67. The molecule has 1 aliphatic rings. The molecular weight excluding hydrogens is 394 g/mol. The lowest BCUT2D eigenvalue weighted by Gasteiger charge is -2.37. The molecule has 0 aliphatic heterocycles. The number of amides is 1. The highest BCUT2D eigenvalue weighted by atomic mass is 16.5. The van der Waals surface area contributed by atoms with Crippen molar-refractivity contribution >= 4 is 22.9 Å². The minimum absolute atomic E-state index is 0.234. The lowest BCUT2D eigenvalue weighted by molar-refractivity contribution is -0.143. The van der Waals surface area contributed by atoms with Crippen LogP contribution in [0.3, 0.4) is 0 Å². The fraction of sp³-hybridized carbons (Fsp3) is 0.542. The van der Waals surface area contributed by atoms with Crippen LogP contribution in [0.5, 0.6) is 0 Å². The second-order valence-corrected chi connectivity index (χ2v) is 8.96. The lowest BCUT2D eigenvalue weighted by Crippen LogP contribution is -2.38. The second-order valence-electron chi connectivity index (χ2n) is 8.96. The molecule has 1 aromatic carbocycles. The summed E-state index contributed by atoms with van der Waals surface area (Å²) in [5.74, 6) is 1.25. The molecular formula is C24H33N3O4. The summed E-state index contributed by atoms with van der Waals surface area (Å²) in [7, 11) is 0. The average Bonchev–Trinajstić information content (AvgIpc) is 3.11. The Labute approximate surface area is 183 Å². The zero-order chi connectivity index (χ0) is 22.5. The molecule has 3 N–H and O–H groups in total. The number of para-hydroxylation sites is 1. The number of benzene rings is 1. The highest BCUT2D eigenvalue weighted by Crippen LogP contribution is 2.38. The van der Waals surface area contributed by atoms with Crippen molar-refractivity contribution in [1.82, 2.24) is 15.3 Å². The normalized spacial score (nSPS) is 21.3. The van der Waals surface area contributed by atoms with Crippen LogP contribution in [0.25, 0.3) is 11.0 Å². The molecule has 0 bridgehead atoms. The van der Waals surface area contributed by atoms with Crippen LogP contribution < -0.4 is 5.32 Å². The van der Waals surface area contributed by atoms with Gasteiger partial charge in [0.05, 0.1) is 11.0 Å². The molecule has 1 amide bonds. The van der Waals surface area contributed by atoms with E-state index in [9.17, 15) is 9.59 Å². The molecule has 0 radical (unpaired) electrons. The van der Waals surface area contributed by atoms with Gasteiger partial charge in [0.1, 0.15) is 19.0 Å². The number of nitrogens with zero attached hydrogens (tertiary/aromatic N) is 1. The van der Waals surface area contributed by atoms with Crippen LogP contribution in [-0.4, -0.2) is 46.7 Å². The number of carbonyl (C=O) groups is 2. The summed E-state index contributed by atoms with van der Waals surface area (Å²) in [6.07, 6.45) is 4.22. The van der Waals surface area contributed by atoms with E-state index in [0.29, 0.717) is 24.3 Å². The summed E-state index contributed by atoms with van der Waals surface area (Å²) in [5, 5.41) is 11.5. The number of carboxylic acid groups (broad SMARTS) is 1. The summed E-state index contributed by atoms with van der Waals surface area (Å²) in [5.41, 5.74) is 4.63. The van der Waals surface area contributed by atoms with Crippen LogP contribution in [0, 0.1) is 30.6 Å². The van der Waals surface area contributed by atoms with Gasteiger partial charge in [-0.25, -0.2) is 9.78 Å². The predicted molar refractivity (Wildman–Crippen MR) is 120 cm³/mol. The van der Waals surface area contributed by atoms with E-state index in [1.54, 1.807) is 0 Å². The van der Waals surface area contributed by atoms with E-state index in [-0.39, 0.29) is 18.4 Å². The molecule has 0 saturated carbocycles. The number of H-pyrrole nitrogens is 1. The van der Waals surface area contributed by atoms with Gasteiger partial charge in [0.25, 0.3) is 0 Å². The molecule has 1 heterocycles. The lowest BCUT2D eigenvalue weighted by atomic mass is 9.70. The van der Waals surface area contributed by atoms with Crippen molar-refractivity contribution in [3.05, 3.63) is 41.2 Å². The zero-order valence-corrected chi connectivity index (χ0v) is 18.8. The maximum Gasteiger partial charge on any atom is 0.329 e. The molecule has 3 rings (SSSR count). The summed E-state index contributed by atoms with van der Waals surface area (Å²) in [6, 6.07) is 6.20. The summed E-state index contributed by atoms with van der Waals surface area (Å²) in [6.45, 7) is 8.54. The number of hydrogen-bond acceptors (Lipinski definition) is 4. The van der Waals surface area contributed by atoms with Gasteiger partial charge >= 0.3 is 5.97 Å². The van der Waals surface area contributed by atoms with Gasteiger partial charge in [-0.1, -0.05) is 37.6 Å². The van der Waals surface area contributed by atoms with Crippen molar-refractivity contribution in [2.75, 3.05) is 19.8 Å². The SMILES string of the molecule is CC1=CC(CNC(=O)COCC(=O)O)C(C(C)C)CC1Cc1nc2c(C)cccc2[nH]1. The number of aromatic nitrogens is 2. The molecule has 1 aromatic heterocycles. The smallest absolute Gasteiger partial charge is 0.329 e. The molecule has 3 unspecified atom stereocenters. The van der Waals surface area contributed by atoms with Crippen molar-refractivity contribution in [3.63, 3.8) is 0 Å². The Bertz CT molecular complexity index is 963. The molecule has 7 nitrogen and oxygen atoms in total. The number of carbonyl (C=O) groups excluding carboxylic acids is 1. The zero-order valence-electron chi connectivity index (χ0n) is 18.8. The van der Waals surface area contributed by atoms with Crippen molar-refractivity contribution in [1.29, 1.82) is 0 Å².